The molecule has 0 heterocycles. The van der Waals surface area contributed by atoms with Crippen molar-refractivity contribution in [1.29, 1.82) is 0 Å². The molecule has 2 heteroatoms. The number of aliphatic carboxylic acids is 1. The molecule has 0 aliphatic carbocycles. The van der Waals surface area contributed by atoms with Gasteiger partial charge >= 0.3 is 5.97 Å². The van der Waals surface area contributed by atoms with Crippen molar-refractivity contribution in [3.05, 3.63) is 42.8 Å². The first-order valence-electron chi connectivity index (χ1n) is 4.27. The third-order valence-electron chi connectivity index (χ3n) is 1.83. The lowest BCUT2D eigenvalue weighted by atomic mass is 9.98. The van der Waals surface area contributed by atoms with E-state index in [0.717, 1.165) is 12.0 Å². The Balaban J connectivity index is 2.45. The van der Waals surface area contributed by atoms with Crippen molar-refractivity contribution >= 4 is 5.97 Å². The zero-order valence-electron chi connectivity index (χ0n) is 7.44. The lowest BCUT2D eigenvalue weighted by Gasteiger charge is -2.07. The van der Waals surface area contributed by atoms with Crippen molar-refractivity contribution in [3.8, 4) is 0 Å². The minimum absolute atomic E-state index is 0.0418. The summed E-state index contributed by atoms with van der Waals surface area (Å²) in [5.41, 5.74) is 1.14. The van der Waals surface area contributed by atoms with E-state index >= 15 is 0 Å². The van der Waals surface area contributed by atoms with Gasteiger partial charge in [-0.1, -0.05) is 30.3 Å². The Bertz CT molecular complexity index is 267. The summed E-state index contributed by atoms with van der Waals surface area (Å²) in [5.74, 6) is -0.823. The summed E-state index contributed by atoms with van der Waals surface area (Å²) < 4.78 is 0. The third kappa shape index (κ3) is 3.74. The van der Waals surface area contributed by atoms with Crippen LogP contribution in [0.15, 0.2) is 30.3 Å². The van der Waals surface area contributed by atoms with Gasteiger partial charge in [0.1, 0.15) is 0 Å². The maximum Gasteiger partial charge on any atom is 0.303 e. The summed E-state index contributed by atoms with van der Waals surface area (Å²) in [7, 11) is 0. The number of benzene rings is 1. The molecule has 0 amide bonds. The number of carbonyl (C=O) groups is 1. The van der Waals surface area contributed by atoms with Crippen LogP contribution in [0.5, 0.6) is 0 Å². The minimum atomic E-state index is -0.782. The molecule has 1 aromatic carbocycles. The summed E-state index contributed by atoms with van der Waals surface area (Å²) in [5, 5.41) is 8.52. The number of carboxylic acid groups (broad SMARTS) is 1. The summed E-state index contributed by atoms with van der Waals surface area (Å²) in [6.45, 7) is 3.79. The Morgan fingerprint density at radius 3 is 2.54 bits per heavy atom. The first-order valence-corrected chi connectivity index (χ1v) is 4.27. The normalized spacial score (nSPS) is 12.4. The van der Waals surface area contributed by atoms with Crippen molar-refractivity contribution in [1.82, 2.24) is 0 Å². The number of hydrogen-bond acceptors (Lipinski definition) is 1. The van der Waals surface area contributed by atoms with Crippen molar-refractivity contribution in [2.45, 2.75) is 12.8 Å². The SMILES string of the molecule is [CH2]C(CC(=O)O)Cc1ccccc1. The highest BCUT2D eigenvalue weighted by Gasteiger charge is 2.07. The molecular weight excluding hydrogens is 164 g/mol. The van der Waals surface area contributed by atoms with Gasteiger partial charge in [-0.3, -0.25) is 4.79 Å². The molecule has 2 nitrogen and oxygen atoms in total. The molecule has 69 valence electrons. The maximum absolute atomic E-state index is 10.4. The number of carboxylic acids is 1. The maximum atomic E-state index is 10.4. The fraction of sp³-hybridized carbons (Fsp3) is 0.273. The predicted molar refractivity (Wildman–Crippen MR) is 51.2 cm³/mol. The van der Waals surface area contributed by atoms with Crippen LogP contribution in [0.1, 0.15) is 12.0 Å². The van der Waals surface area contributed by atoms with Crippen molar-refractivity contribution in [2.24, 2.45) is 5.92 Å². The van der Waals surface area contributed by atoms with Crippen molar-refractivity contribution in [2.75, 3.05) is 0 Å². The molecule has 1 aromatic rings. The van der Waals surface area contributed by atoms with Crippen LogP contribution in [-0.2, 0) is 11.2 Å². The average molecular weight is 177 g/mol. The molecule has 0 fully saturated rings. The Morgan fingerprint density at radius 2 is 2.00 bits per heavy atom. The van der Waals surface area contributed by atoms with Gasteiger partial charge in [-0.2, -0.15) is 0 Å². The number of hydrogen-bond donors (Lipinski definition) is 1. The van der Waals surface area contributed by atoms with Gasteiger partial charge in [0, 0.05) is 6.42 Å². The third-order valence-corrected chi connectivity index (χ3v) is 1.83. The highest BCUT2D eigenvalue weighted by atomic mass is 16.4. The summed E-state index contributed by atoms with van der Waals surface area (Å²) in [4.78, 5) is 10.4. The lowest BCUT2D eigenvalue weighted by Crippen LogP contribution is -2.07. The second-order valence-corrected chi connectivity index (χ2v) is 3.15. The first-order chi connectivity index (χ1) is 6.18. The van der Waals surface area contributed by atoms with E-state index in [1.165, 1.54) is 0 Å². The zero-order valence-corrected chi connectivity index (χ0v) is 7.44. The van der Waals surface area contributed by atoms with Gasteiger partial charge in [0.25, 0.3) is 0 Å². The molecule has 0 saturated heterocycles. The van der Waals surface area contributed by atoms with E-state index in [9.17, 15) is 4.79 Å². The van der Waals surface area contributed by atoms with E-state index in [-0.39, 0.29) is 12.3 Å². The Labute approximate surface area is 78.2 Å². The Hall–Kier alpha value is -1.31. The average Bonchev–Trinajstić information content (AvgIpc) is 2.04. The molecule has 1 radical (unpaired) electrons. The summed E-state index contributed by atoms with van der Waals surface area (Å²) in [6, 6.07) is 9.81. The van der Waals surface area contributed by atoms with Gasteiger partial charge in [-0.25, -0.2) is 0 Å². The van der Waals surface area contributed by atoms with Crippen LogP contribution in [0.25, 0.3) is 0 Å². The molecule has 1 rings (SSSR count). The molecule has 0 bridgehead atoms. The van der Waals surface area contributed by atoms with Crippen molar-refractivity contribution < 1.29 is 9.90 Å². The van der Waals surface area contributed by atoms with Gasteiger partial charge < -0.3 is 5.11 Å². The summed E-state index contributed by atoms with van der Waals surface area (Å²) >= 11 is 0. The molecule has 1 unspecified atom stereocenters. The fourth-order valence-corrected chi connectivity index (χ4v) is 1.27. The largest absolute Gasteiger partial charge is 0.481 e. The first kappa shape index (κ1) is 9.78. The monoisotopic (exact) mass is 177 g/mol. The molecule has 0 saturated carbocycles. The standard InChI is InChI=1S/C11H13O2/c1-9(8-11(12)13)7-10-5-3-2-4-6-10/h2-6,9H,1,7-8H2,(H,12,13). The van der Waals surface area contributed by atoms with Gasteiger partial charge in [-0.15, -0.1) is 0 Å². The highest BCUT2D eigenvalue weighted by molar-refractivity contribution is 5.67. The zero-order chi connectivity index (χ0) is 9.68. The van der Waals surface area contributed by atoms with E-state index in [2.05, 4.69) is 6.92 Å². The topological polar surface area (TPSA) is 37.3 Å². The van der Waals surface area contributed by atoms with Crippen LogP contribution in [0.3, 0.4) is 0 Å². The van der Waals surface area contributed by atoms with Crippen LogP contribution in [0.4, 0.5) is 0 Å². The van der Waals surface area contributed by atoms with E-state index in [0.29, 0.717) is 0 Å². The van der Waals surface area contributed by atoms with Gasteiger partial charge in [-0.05, 0) is 24.8 Å². The Kier molecular flexibility index (Phi) is 3.50. The fourth-order valence-electron chi connectivity index (χ4n) is 1.27. The molecule has 0 spiro atoms. The second-order valence-electron chi connectivity index (χ2n) is 3.15. The van der Waals surface area contributed by atoms with Crippen LogP contribution in [0.2, 0.25) is 0 Å². The quantitative estimate of drug-likeness (QED) is 0.765. The Morgan fingerprint density at radius 1 is 1.38 bits per heavy atom. The van der Waals surface area contributed by atoms with E-state index in [4.69, 9.17) is 5.11 Å². The van der Waals surface area contributed by atoms with Crippen LogP contribution in [0, 0.1) is 12.8 Å². The molecule has 13 heavy (non-hydrogen) atoms. The van der Waals surface area contributed by atoms with Gasteiger partial charge in [0.2, 0.25) is 0 Å². The smallest absolute Gasteiger partial charge is 0.303 e. The predicted octanol–water partition coefficient (Wildman–Crippen LogP) is 2.15. The molecule has 1 N–H and O–H groups in total. The van der Waals surface area contributed by atoms with Gasteiger partial charge in [0.15, 0.2) is 0 Å². The molecule has 0 aromatic heterocycles. The number of rotatable bonds is 4. The lowest BCUT2D eigenvalue weighted by molar-refractivity contribution is -0.137. The van der Waals surface area contributed by atoms with E-state index in [1.807, 2.05) is 30.3 Å². The molecule has 0 aliphatic heterocycles. The van der Waals surface area contributed by atoms with Crippen LogP contribution >= 0.6 is 0 Å². The van der Waals surface area contributed by atoms with Gasteiger partial charge in [0.05, 0.1) is 0 Å². The van der Waals surface area contributed by atoms with Crippen molar-refractivity contribution in [3.63, 3.8) is 0 Å². The second kappa shape index (κ2) is 4.65. The van der Waals surface area contributed by atoms with E-state index < -0.39 is 5.97 Å². The molecule has 0 aliphatic rings. The molecule has 1 atom stereocenters. The van der Waals surface area contributed by atoms with Crippen LogP contribution < -0.4 is 0 Å². The molecular formula is C11H13O2. The summed E-state index contributed by atoms with van der Waals surface area (Å²) in [6.07, 6.45) is 0.863. The highest BCUT2D eigenvalue weighted by Crippen LogP contribution is 2.10. The van der Waals surface area contributed by atoms with E-state index in [1.54, 1.807) is 0 Å². The minimum Gasteiger partial charge on any atom is -0.481 e. The van der Waals surface area contributed by atoms with Crippen LogP contribution in [-0.4, -0.2) is 11.1 Å².